The minimum Gasteiger partial charge on any atom is -0.504 e. The van der Waals surface area contributed by atoms with E-state index < -0.39 is 0 Å². The van der Waals surface area contributed by atoms with Crippen molar-refractivity contribution < 1.29 is 14.6 Å². The Morgan fingerprint density at radius 2 is 2.20 bits per heavy atom. The Labute approximate surface area is 86.7 Å². The first-order valence-corrected chi connectivity index (χ1v) is 4.49. The average molecular weight is 205 g/mol. The van der Waals surface area contributed by atoms with Crippen LogP contribution in [0.1, 0.15) is 10.5 Å². The van der Waals surface area contributed by atoms with Crippen LogP contribution < -0.4 is 4.74 Å². The fourth-order valence-corrected chi connectivity index (χ4v) is 1.67. The molecule has 0 aliphatic heterocycles. The van der Waals surface area contributed by atoms with Crippen LogP contribution in [0.25, 0.3) is 10.9 Å². The summed E-state index contributed by atoms with van der Waals surface area (Å²) in [4.78, 5) is 10.7. The van der Waals surface area contributed by atoms with Crippen LogP contribution in [0.4, 0.5) is 0 Å². The van der Waals surface area contributed by atoms with E-state index in [1.165, 1.54) is 7.11 Å². The number of methoxy groups -OCH3 is 1. The number of hydrogen-bond donors (Lipinski definition) is 1. The second kappa shape index (κ2) is 3.31. The number of aromatic hydroxyl groups is 1. The number of aryl methyl sites for hydroxylation is 1. The maximum absolute atomic E-state index is 10.7. The number of nitrogens with zero attached hydrogens (tertiary/aromatic N) is 1. The molecule has 0 bridgehead atoms. The van der Waals surface area contributed by atoms with Gasteiger partial charge in [0.15, 0.2) is 17.8 Å². The maximum Gasteiger partial charge on any atom is 0.167 e. The monoisotopic (exact) mass is 205 g/mol. The van der Waals surface area contributed by atoms with Gasteiger partial charge in [0, 0.05) is 12.4 Å². The quantitative estimate of drug-likeness (QED) is 0.759. The topological polar surface area (TPSA) is 51.5 Å². The second-order valence-corrected chi connectivity index (χ2v) is 3.30. The Hall–Kier alpha value is -1.97. The summed E-state index contributed by atoms with van der Waals surface area (Å²) in [5.74, 6) is 0.476. The molecule has 0 aliphatic rings. The first-order valence-electron chi connectivity index (χ1n) is 4.49. The highest BCUT2D eigenvalue weighted by atomic mass is 16.5. The first kappa shape index (κ1) is 9.58. The lowest BCUT2D eigenvalue weighted by atomic mass is 10.2. The van der Waals surface area contributed by atoms with Gasteiger partial charge in [0.2, 0.25) is 0 Å². The molecule has 0 spiro atoms. The Balaban J connectivity index is 2.83. The molecule has 0 saturated carbocycles. The minimum absolute atomic E-state index is 0.0682. The minimum atomic E-state index is 0.0682. The summed E-state index contributed by atoms with van der Waals surface area (Å²) in [6.45, 7) is 0. The molecule has 0 fully saturated rings. The van der Waals surface area contributed by atoms with E-state index in [2.05, 4.69) is 0 Å². The number of carbonyl (C=O) groups is 1. The molecule has 1 aromatic carbocycles. The van der Waals surface area contributed by atoms with Crippen LogP contribution in [0.15, 0.2) is 18.2 Å². The maximum atomic E-state index is 10.7. The van der Waals surface area contributed by atoms with E-state index in [4.69, 9.17) is 4.74 Å². The summed E-state index contributed by atoms with van der Waals surface area (Å²) in [5.41, 5.74) is 1.32. The van der Waals surface area contributed by atoms with Gasteiger partial charge in [-0.25, -0.2) is 0 Å². The van der Waals surface area contributed by atoms with Crippen molar-refractivity contribution in [2.75, 3.05) is 7.11 Å². The largest absolute Gasteiger partial charge is 0.504 e. The average Bonchev–Trinajstić information content (AvgIpc) is 2.57. The Morgan fingerprint density at radius 1 is 1.47 bits per heavy atom. The lowest BCUT2D eigenvalue weighted by Gasteiger charge is -2.04. The standard InChI is InChI=1S/C11H11NO3/c1-12-7(6-13)5-8-9(12)3-4-10(15-2)11(8)14/h3-6,14H,1-2H3. The van der Waals surface area contributed by atoms with Crippen molar-refractivity contribution in [2.45, 2.75) is 0 Å². The number of aromatic nitrogens is 1. The fraction of sp³-hybridized carbons (Fsp3) is 0.182. The molecule has 0 atom stereocenters. The highest BCUT2D eigenvalue weighted by Gasteiger charge is 2.11. The van der Waals surface area contributed by atoms with Crippen molar-refractivity contribution in [1.82, 2.24) is 4.57 Å². The van der Waals surface area contributed by atoms with E-state index in [0.29, 0.717) is 16.8 Å². The summed E-state index contributed by atoms with van der Waals surface area (Å²) < 4.78 is 6.71. The molecule has 0 unspecified atom stereocenters. The van der Waals surface area contributed by atoms with E-state index in [9.17, 15) is 9.90 Å². The number of hydrogen-bond acceptors (Lipinski definition) is 3. The molecular formula is C11H11NO3. The van der Waals surface area contributed by atoms with Gasteiger partial charge in [-0.1, -0.05) is 0 Å². The van der Waals surface area contributed by atoms with Gasteiger partial charge in [-0.05, 0) is 18.2 Å². The van der Waals surface area contributed by atoms with Crippen molar-refractivity contribution in [3.63, 3.8) is 0 Å². The van der Waals surface area contributed by atoms with Crippen molar-refractivity contribution in [1.29, 1.82) is 0 Å². The molecule has 0 radical (unpaired) electrons. The van der Waals surface area contributed by atoms with Gasteiger partial charge in [-0.2, -0.15) is 0 Å². The summed E-state index contributed by atoms with van der Waals surface area (Å²) in [7, 11) is 3.27. The van der Waals surface area contributed by atoms with Crippen LogP contribution in [-0.4, -0.2) is 23.1 Å². The SMILES string of the molecule is COc1ccc2c(cc(C=O)n2C)c1O. The number of aldehydes is 1. The molecule has 15 heavy (non-hydrogen) atoms. The second-order valence-electron chi connectivity index (χ2n) is 3.30. The first-order chi connectivity index (χ1) is 7.19. The van der Waals surface area contributed by atoms with Crippen LogP contribution in [-0.2, 0) is 7.05 Å². The summed E-state index contributed by atoms with van der Waals surface area (Å²) >= 11 is 0. The third kappa shape index (κ3) is 1.26. The molecule has 2 aromatic rings. The van der Waals surface area contributed by atoms with E-state index in [0.717, 1.165) is 11.8 Å². The predicted octanol–water partition coefficient (Wildman–Crippen LogP) is 1.70. The zero-order valence-electron chi connectivity index (χ0n) is 8.52. The third-order valence-corrected chi connectivity index (χ3v) is 2.54. The van der Waals surface area contributed by atoms with Crippen LogP contribution in [0, 0.1) is 0 Å². The van der Waals surface area contributed by atoms with Crippen molar-refractivity contribution >= 4 is 17.2 Å². The molecule has 1 aromatic heterocycles. The molecule has 1 N–H and O–H groups in total. The van der Waals surface area contributed by atoms with Crippen molar-refractivity contribution in [3.8, 4) is 11.5 Å². The van der Waals surface area contributed by atoms with Gasteiger partial charge in [-0.3, -0.25) is 4.79 Å². The zero-order valence-corrected chi connectivity index (χ0v) is 8.52. The molecule has 78 valence electrons. The highest BCUT2D eigenvalue weighted by Crippen LogP contribution is 2.35. The number of carbonyl (C=O) groups excluding carboxylic acids is 1. The predicted molar refractivity (Wildman–Crippen MR) is 56.5 cm³/mol. The summed E-state index contributed by atoms with van der Waals surface area (Å²) in [6, 6.07) is 5.12. The summed E-state index contributed by atoms with van der Waals surface area (Å²) in [5, 5.41) is 10.5. The lowest BCUT2D eigenvalue weighted by Crippen LogP contribution is -1.93. The van der Waals surface area contributed by atoms with E-state index >= 15 is 0 Å². The Morgan fingerprint density at radius 3 is 2.80 bits per heavy atom. The Bertz CT molecular complexity index is 528. The number of benzene rings is 1. The molecule has 4 nitrogen and oxygen atoms in total. The summed E-state index contributed by atoms with van der Waals surface area (Å²) in [6.07, 6.45) is 0.756. The molecule has 0 amide bonds. The molecule has 0 saturated heterocycles. The van der Waals surface area contributed by atoms with Crippen molar-refractivity contribution in [3.05, 3.63) is 23.9 Å². The zero-order chi connectivity index (χ0) is 11.0. The van der Waals surface area contributed by atoms with Crippen LogP contribution >= 0.6 is 0 Å². The van der Waals surface area contributed by atoms with Gasteiger partial charge in [0.1, 0.15) is 0 Å². The smallest absolute Gasteiger partial charge is 0.167 e. The molecule has 1 heterocycles. The van der Waals surface area contributed by atoms with E-state index in [-0.39, 0.29) is 5.75 Å². The lowest BCUT2D eigenvalue weighted by molar-refractivity contribution is 0.111. The number of phenolic OH excluding ortho intramolecular Hbond substituents is 1. The van der Waals surface area contributed by atoms with Gasteiger partial charge in [0.25, 0.3) is 0 Å². The van der Waals surface area contributed by atoms with E-state index in [1.54, 1.807) is 29.8 Å². The van der Waals surface area contributed by atoms with Crippen LogP contribution in [0.2, 0.25) is 0 Å². The molecule has 2 rings (SSSR count). The van der Waals surface area contributed by atoms with Crippen LogP contribution in [0.5, 0.6) is 11.5 Å². The van der Waals surface area contributed by atoms with Gasteiger partial charge in [-0.15, -0.1) is 0 Å². The number of rotatable bonds is 2. The third-order valence-electron chi connectivity index (χ3n) is 2.54. The normalized spacial score (nSPS) is 10.5. The van der Waals surface area contributed by atoms with Gasteiger partial charge >= 0.3 is 0 Å². The number of ether oxygens (including phenoxy) is 1. The van der Waals surface area contributed by atoms with E-state index in [1.807, 2.05) is 0 Å². The molecule has 0 aliphatic carbocycles. The van der Waals surface area contributed by atoms with Crippen molar-refractivity contribution in [2.24, 2.45) is 7.05 Å². The Kier molecular flexibility index (Phi) is 2.11. The van der Waals surface area contributed by atoms with Crippen LogP contribution in [0.3, 0.4) is 0 Å². The van der Waals surface area contributed by atoms with Gasteiger partial charge in [0.05, 0.1) is 18.3 Å². The number of fused-ring (bicyclic) bond motifs is 1. The van der Waals surface area contributed by atoms with Gasteiger partial charge < -0.3 is 14.4 Å². The fourth-order valence-electron chi connectivity index (χ4n) is 1.67. The molecule has 4 heteroatoms. The highest BCUT2D eigenvalue weighted by molar-refractivity contribution is 5.94. The molecular weight excluding hydrogens is 194 g/mol. The number of phenols is 1.